The molecule has 106 valence electrons. The molecule has 1 aromatic carbocycles. The number of aromatic nitrogens is 2. The summed E-state index contributed by atoms with van der Waals surface area (Å²) in [5.74, 6) is -0.257. The van der Waals surface area contributed by atoms with Crippen molar-refractivity contribution in [1.82, 2.24) is 9.78 Å². The Morgan fingerprint density at radius 3 is 2.95 bits per heavy atom. The maximum absolute atomic E-state index is 12.3. The maximum atomic E-state index is 12.3. The van der Waals surface area contributed by atoms with Gasteiger partial charge in [-0.05, 0) is 52.7 Å². The molecule has 3 rings (SSSR count). The average molecular weight is 305 g/mol. The number of thiophene rings is 1. The molecule has 22 heavy (non-hydrogen) atoms. The molecule has 0 atom stereocenters. The van der Waals surface area contributed by atoms with E-state index in [1.807, 2.05) is 35.0 Å². The number of carbonyl (C=O) groups is 1. The van der Waals surface area contributed by atoms with Gasteiger partial charge in [-0.15, -0.1) is 0 Å². The molecule has 4 nitrogen and oxygen atoms in total. The summed E-state index contributed by atoms with van der Waals surface area (Å²) in [4.78, 5) is 12.3. The molecule has 0 saturated heterocycles. The summed E-state index contributed by atoms with van der Waals surface area (Å²) in [6.45, 7) is 0. The first-order valence-corrected chi connectivity index (χ1v) is 7.51. The fourth-order valence-corrected chi connectivity index (χ4v) is 2.57. The smallest absolute Gasteiger partial charge is 0.267 e. The Bertz CT molecular complexity index is 869. The maximum Gasteiger partial charge on any atom is 0.278 e. The van der Waals surface area contributed by atoms with E-state index in [1.54, 1.807) is 47.9 Å². The zero-order valence-corrected chi connectivity index (χ0v) is 12.3. The molecule has 0 unspecified atom stereocenters. The van der Waals surface area contributed by atoms with Crippen molar-refractivity contribution < 1.29 is 4.79 Å². The molecule has 0 fully saturated rings. The van der Waals surface area contributed by atoms with Crippen molar-refractivity contribution in [1.29, 1.82) is 5.26 Å². The second-order valence-electron chi connectivity index (χ2n) is 4.57. The minimum Gasteiger partial charge on any atom is -0.267 e. The SMILES string of the molecule is N#Cc1cccc(C(=O)n2ccc(/C=C/c3ccsc3)n2)c1. The molecule has 0 bridgehead atoms. The zero-order valence-electron chi connectivity index (χ0n) is 11.5. The van der Waals surface area contributed by atoms with Crippen molar-refractivity contribution >= 4 is 29.4 Å². The van der Waals surface area contributed by atoms with Gasteiger partial charge in [-0.25, -0.2) is 4.68 Å². The van der Waals surface area contributed by atoms with Crippen LogP contribution in [0.2, 0.25) is 0 Å². The number of rotatable bonds is 3. The quantitative estimate of drug-likeness (QED) is 0.741. The summed E-state index contributed by atoms with van der Waals surface area (Å²) >= 11 is 1.63. The molecule has 0 aliphatic carbocycles. The van der Waals surface area contributed by atoms with Crippen LogP contribution in [0.3, 0.4) is 0 Å². The zero-order chi connectivity index (χ0) is 15.4. The van der Waals surface area contributed by atoms with Crippen LogP contribution in [0.5, 0.6) is 0 Å². The van der Waals surface area contributed by atoms with Crippen LogP contribution in [0.15, 0.2) is 53.4 Å². The number of nitrogens with zero attached hydrogens (tertiary/aromatic N) is 3. The van der Waals surface area contributed by atoms with Crippen LogP contribution in [-0.4, -0.2) is 15.7 Å². The summed E-state index contributed by atoms with van der Waals surface area (Å²) in [5.41, 5.74) is 2.70. The standard InChI is InChI=1S/C17H11N3OS/c18-11-14-2-1-3-15(10-14)17(21)20-8-6-16(19-20)5-4-13-7-9-22-12-13/h1-10,12H/b5-4+. The largest absolute Gasteiger partial charge is 0.278 e. The van der Waals surface area contributed by atoms with Gasteiger partial charge in [0.1, 0.15) is 0 Å². The van der Waals surface area contributed by atoms with Crippen molar-refractivity contribution in [2.45, 2.75) is 0 Å². The molecule has 5 heteroatoms. The minimum atomic E-state index is -0.257. The van der Waals surface area contributed by atoms with Gasteiger partial charge in [-0.3, -0.25) is 4.79 Å². The van der Waals surface area contributed by atoms with Crippen molar-refractivity contribution in [2.75, 3.05) is 0 Å². The van der Waals surface area contributed by atoms with Crippen molar-refractivity contribution in [3.05, 3.63) is 75.7 Å². The summed E-state index contributed by atoms with van der Waals surface area (Å²) in [6.07, 6.45) is 5.43. The number of carbonyl (C=O) groups excluding carboxylic acids is 1. The number of hydrogen-bond donors (Lipinski definition) is 0. The normalized spacial score (nSPS) is 10.7. The van der Waals surface area contributed by atoms with E-state index in [9.17, 15) is 4.79 Å². The molecular weight excluding hydrogens is 294 g/mol. The molecule has 0 spiro atoms. The molecule has 0 aliphatic heterocycles. The van der Waals surface area contributed by atoms with Gasteiger partial charge < -0.3 is 0 Å². The Labute approximate surface area is 131 Å². The summed E-state index contributed by atoms with van der Waals surface area (Å²) in [7, 11) is 0. The lowest BCUT2D eigenvalue weighted by atomic mass is 10.1. The highest BCUT2D eigenvalue weighted by Crippen LogP contribution is 2.11. The van der Waals surface area contributed by atoms with Gasteiger partial charge in [-0.2, -0.15) is 21.7 Å². The van der Waals surface area contributed by atoms with Crippen molar-refractivity contribution in [3.63, 3.8) is 0 Å². The fraction of sp³-hybridized carbons (Fsp3) is 0. The van der Waals surface area contributed by atoms with E-state index in [2.05, 4.69) is 5.10 Å². The van der Waals surface area contributed by atoms with Gasteiger partial charge in [0.25, 0.3) is 5.91 Å². The summed E-state index contributed by atoms with van der Waals surface area (Å²) in [5, 5.41) is 17.2. The highest BCUT2D eigenvalue weighted by molar-refractivity contribution is 7.08. The van der Waals surface area contributed by atoms with Gasteiger partial charge in [0.15, 0.2) is 0 Å². The molecule has 0 saturated carbocycles. The van der Waals surface area contributed by atoms with Gasteiger partial charge in [0, 0.05) is 11.8 Å². The first kappa shape index (κ1) is 14.0. The Morgan fingerprint density at radius 1 is 1.27 bits per heavy atom. The van der Waals surface area contributed by atoms with Gasteiger partial charge in [0.2, 0.25) is 0 Å². The van der Waals surface area contributed by atoms with E-state index in [4.69, 9.17) is 5.26 Å². The van der Waals surface area contributed by atoms with Crippen LogP contribution >= 0.6 is 11.3 Å². The predicted molar refractivity (Wildman–Crippen MR) is 86.4 cm³/mol. The van der Waals surface area contributed by atoms with E-state index in [-0.39, 0.29) is 5.91 Å². The van der Waals surface area contributed by atoms with E-state index in [0.29, 0.717) is 16.8 Å². The number of hydrogen-bond acceptors (Lipinski definition) is 4. The third-order valence-electron chi connectivity index (χ3n) is 3.05. The van der Waals surface area contributed by atoms with Crippen LogP contribution in [0.4, 0.5) is 0 Å². The minimum absolute atomic E-state index is 0.257. The molecule has 0 amide bonds. The van der Waals surface area contributed by atoms with E-state index < -0.39 is 0 Å². The Kier molecular flexibility index (Phi) is 3.95. The first-order chi connectivity index (χ1) is 10.8. The molecule has 0 N–H and O–H groups in total. The number of benzene rings is 1. The lowest BCUT2D eigenvalue weighted by Gasteiger charge is -2.00. The molecule has 2 aromatic heterocycles. The lowest BCUT2D eigenvalue weighted by molar-refractivity contribution is 0.0945. The lowest BCUT2D eigenvalue weighted by Crippen LogP contribution is -2.12. The molecule has 3 aromatic rings. The number of nitriles is 1. The second kappa shape index (κ2) is 6.20. The molecule has 0 radical (unpaired) electrons. The van der Waals surface area contributed by atoms with Gasteiger partial charge in [0.05, 0.1) is 17.3 Å². The highest BCUT2D eigenvalue weighted by atomic mass is 32.1. The fourth-order valence-electron chi connectivity index (χ4n) is 1.95. The van der Waals surface area contributed by atoms with Gasteiger partial charge >= 0.3 is 0 Å². The third-order valence-corrected chi connectivity index (χ3v) is 3.75. The first-order valence-electron chi connectivity index (χ1n) is 6.57. The molecule has 0 aliphatic rings. The third kappa shape index (κ3) is 3.03. The van der Waals surface area contributed by atoms with Gasteiger partial charge in [-0.1, -0.05) is 12.1 Å². The van der Waals surface area contributed by atoms with Crippen LogP contribution < -0.4 is 0 Å². The Balaban J connectivity index is 1.81. The topological polar surface area (TPSA) is 58.7 Å². The van der Waals surface area contributed by atoms with Crippen LogP contribution in [0, 0.1) is 11.3 Å². The van der Waals surface area contributed by atoms with Crippen molar-refractivity contribution in [3.8, 4) is 6.07 Å². The average Bonchev–Trinajstić information content (AvgIpc) is 3.23. The van der Waals surface area contributed by atoms with E-state index in [0.717, 1.165) is 5.56 Å². The predicted octanol–water partition coefficient (Wildman–Crippen LogP) is 3.68. The van der Waals surface area contributed by atoms with Crippen LogP contribution in [0.1, 0.15) is 27.2 Å². The molecular formula is C17H11N3OS. The molecule has 2 heterocycles. The summed E-state index contributed by atoms with van der Waals surface area (Å²) < 4.78 is 1.28. The van der Waals surface area contributed by atoms with Crippen LogP contribution in [-0.2, 0) is 0 Å². The van der Waals surface area contributed by atoms with Crippen LogP contribution in [0.25, 0.3) is 12.2 Å². The van der Waals surface area contributed by atoms with E-state index >= 15 is 0 Å². The monoisotopic (exact) mass is 305 g/mol. The Hall–Kier alpha value is -2.97. The second-order valence-corrected chi connectivity index (χ2v) is 5.35. The van der Waals surface area contributed by atoms with E-state index in [1.165, 1.54) is 4.68 Å². The summed E-state index contributed by atoms with van der Waals surface area (Å²) in [6, 6.07) is 12.4. The van der Waals surface area contributed by atoms with Crippen molar-refractivity contribution in [2.24, 2.45) is 0 Å². The Morgan fingerprint density at radius 2 is 2.18 bits per heavy atom. The highest BCUT2D eigenvalue weighted by Gasteiger charge is 2.10.